The predicted octanol–water partition coefficient (Wildman–Crippen LogP) is 3.28. The van der Waals surface area contributed by atoms with Crippen LogP contribution in [0.4, 0.5) is 11.4 Å². The van der Waals surface area contributed by atoms with E-state index >= 15 is 0 Å². The van der Waals surface area contributed by atoms with Gasteiger partial charge in [0.05, 0.1) is 18.5 Å². The first-order valence-electron chi connectivity index (χ1n) is 7.78. The van der Waals surface area contributed by atoms with Gasteiger partial charge in [-0.25, -0.2) is 0 Å². The van der Waals surface area contributed by atoms with Crippen molar-refractivity contribution in [3.8, 4) is 5.75 Å². The molecule has 6 heteroatoms. The van der Waals surface area contributed by atoms with Crippen molar-refractivity contribution in [2.24, 2.45) is 0 Å². The highest BCUT2D eigenvalue weighted by Gasteiger charge is 2.25. The quantitative estimate of drug-likeness (QED) is 0.903. The van der Waals surface area contributed by atoms with Crippen LogP contribution in [0.1, 0.15) is 6.42 Å². The molecule has 1 amide bonds. The number of ether oxygens (including phenoxy) is 1. The lowest BCUT2D eigenvalue weighted by atomic mass is 10.2. The van der Waals surface area contributed by atoms with E-state index in [4.69, 9.17) is 4.74 Å². The van der Waals surface area contributed by atoms with Gasteiger partial charge < -0.3 is 9.64 Å². The molecule has 1 aliphatic rings. The Bertz CT molecular complexity index is 749. The molecule has 0 atom stereocenters. The molecule has 0 fully saturated rings. The first kappa shape index (κ1) is 16.7. The number of para-hydroxylation sites is 1. The second kappa shape index (κ2) is 7.15. The smallest absolute Gasteiger partial charge is 0.240 e. The van der Waals surface area contributed by atoms with E-state index in [1.807, 2.05) is 60.4 Å². The highest BCUT2D eigenvalue weighted by atomic mass is 32.2. The van der Waals surface area contributed by atoms with Crippen molar-refractivity contribution in [2.75, 3.05) is 32.8 Å². The molecule has 2 aromatic rings. The van der Waals surface area contributed by atoms with Gasteiger partial charge in [-0.3, -0.25) is 15.2 Å². The lowest BCUT2D eigenvalue weighted by Gasteiger charge is -2.32. The number of carbonyl (C=O) groups excluding carboxylic acids is 1. The maximum Gasteiger partial charge on any atom is 0.240 e. The Morgan fingerprint density at radius 1 is 1.17 bits per heavy atom. The van der Waals surface area contributed by atoms with Crippen molar-refractivity contribution in [3.05, 3.63) is 42.5 Å². The number of nitrogens with one attached hydrogen (secondary N) is 1. The summed E-state index contributed by atoms with van der Waals surface area (Å²) in [5.74, 6) is 0.798. The highest BCUT2D eigenvalue weighted by Crippen LogP contribution is 2.48. The van der Waals surface area contributed by atoms with Crippen molar-refractivity contribution in [2.45, 2.75) is 16.2 Å². The van der Waals surface area contributed by atoms with Crippen molar-refractivity contribution in [1.82, 2.24) is 10.3 Å². The van der Waals surface area contributed by atoms with Gasteiger partial charge in [0.2, 0.25) is 5.91 Å². The molecule has 2 aromatic carbocycles. The summed E-state index contributed by atoms with van der Waals surface area (Å²) in [6.07, 6.45) is 0.449. The van der Waals surface area contributed by atoms with Gasteiger partial charge >= 0.3 is 0 Å². The summed E-state index contributed by atoms with van der Waals surface area (Å²) in [5, 5.41) is 1.87. The van der Waals surface area contributed by atoms with Gasteiger partial charge in [-0.15, -0.1) is 0 Å². The van der Waals surface area contributed by atoms with E-state index in [-0.39, 0.29) is 5.91 Å². The summed E-state index contributed by atoms with van der Waals surface area (Å²) in [4.78, 5) is 16.5. The van der Waals surface area contributed by atoms with E-state index in [9.17, 15) is 4.79 Å². The highest BCUT2D eigenvalue weighted by molar-refractivity contribution is 7.99. The fourth-order valence-corrected chi connectivity index (χ4v) is 3.58. The van der Waals surface area contributed by atoms with Gasteiger partial charge in [-0.05, 0) is 44.4 Å². The van der Waals surface area contributed by atoms with Crippen molar-refractivity contribution in [1.29, 1.82) is 0 Å². The molecular formula is C18H21N3O2S. The largest absolute Gasteiger partial charge is 0.497 e. The molecule has 0 saturated carbocycles. The minimum absolute atomic E-state index is 0.00725. The zero-order chi connectivity index (χ0) is 17.1. The van der Waals surface area contributed by atoms with E-state index in [0.717, 1.165) is 26.9 Å². The van der Waals surface area contributed by atoms with Crippen LogP contribution in [0.5, 0.6) is 5.75 Å². The van der Waals surface area contributed by atoms with Crippen LogP contribution in [0, 0.1) is 0 Å². The van der Waals surface area contributed by atoms with Crippen LogP contribution in [0.2, 0.25) is 0 Å². The van der Waals surface area contributed by atoms with Crippen LogP contribution in [0.25, 0.3) is 0 Å². The molecule has 0 unspecified atom stereocenters. The summed E-state index contributed by atoms with van der Waals surface area (Å²) >= 11 is 1.68. The average Bonchev–Trinajstić information content (AvgIpc) is 2.59. The maximum absolute atomic E-state index is 12.3. The number of benzene rings is 2. The molecule has 1 N–H and O–H groups in total. The number of hydrogen-bond donors (Lipinski definition) is 1. The molecule has 0 saturated heterocycles. The lowest BCUT2D eigenvalue weighted by Crippen LogP contribution is -2.41. The average molecular weight is 343 g/mol. The third kappa shape index (κ3) is 3.49. The Hall–Kier alpha value is -2.18. The monoisotopic (exact) mass is 343 g/mol. The number of amides is 1. The molecule has 24 heavy (non-hydrogen) atoms. The zero-order valence-corrected chi connectivity index (χ0v) is 14.9. The van der Waals surface area contributed by atoms with E-state index in [1.54, 1.807) is 18.9 Å². The van der Waals surface area contributed by atoms with E-state index in [1.165, 1.54) is 0 Å². The number of hydrazine groups is 1. The minimum Gasteiger partial charge on any atom is -0.497 e. The van der Waals surface area contributed by atoms with E-state index in [0.29, 0.717) is 13.0 Å². The standard InChI is InChI=1S/C18H21N3O2S/c1-20(2)11-10-18(22)19-21-14-6-4-5-7-16(14)24-17-12-13(23-3)8-9-15(17)21/h4-9,12H,10-11H2,1-3H3,(H,19,22). The summed E-state index contributed by atoms with van der Waals surface area (Å²) in [6.45, 7) is 0.714. The van der Waals surface area contributed by atoms with Crippen LogP contribution in [0.3, 0.4) is 0 Å². The van der Waals surface area contributed by atoms with Gasteiger partial charge in [0, 0.05) is 22.8 Å². The van der Waals surface area contributed by atoms with E-state index in [2.05, 4.69) is 11.5 Å². The molecule has 5 nitrogen and oxygen atoms in total. The first-order valence-corrected chi connectivity index (χ1v) is 8.59. The fraction of sp³-hybridized carbons (Fsp3) is 0.278. The van der Waals surface area contributed by atoms with Crippen LogP contribution < -0.4 is 15.2 Å². The SMILES string of the molecule is COc1ccc2c(c1)Sc1ccccc1N2NC(=O)CCN(C)C. The van der Waals surface area contributed by atoms with Gasteiger partial charge in [-0.1, -0.05) is 23.9 Å². The number of methoxy groups -OCH3 is 1. The van der Waals surface area contributed by atoms with Gasteiger partial charge in [0.1, 0.15) is 5.75 Å². The van der Waals surface area contributed by atoms with E-state index < -0.39 is 0 Å². The summed E-state index contributed by atoms with van der Waals surface area (Å²) < 4.78 is 5.32. The zero-order valence-electron chi connectivity index (χ0n) is 14.1. The van der Waals surface area contributed by atoms with Crippen LogP contribution >= 0.6 is 11.8 Å². The molecule has 3 rings (SSSR count). The minimum atomic E-state index is -0.00725. The fourth-order valence-electron chi connectivity index (χ4n) is 2.49. The van der Waals surface area contributed by atoms with Crippen molar-refractivity contribution >= 4 is 29.0 Å². The number of anilines is 2. The summed E-state index contributed by atoms with van der Waals surface area (Å²) in [7, 11) is 5.58. The molecular weight excluding hydrogens is 322 g/mol. The Labute approximate surface area is 146 Å². The van der Waals surface area contributed by atoms with Crippen molar-refractivity contribution in [3.63, 3.8) is 0 Å². The normalized spacial score (nSPS) is 12.6. The molecule has 0 aliphatic carbocycles. The molecule has 126 valence electrons. The first-order chi connectivity index (χ1) is 11.6. The number of fused-ring (bicyclic) bond motifs is 2. The number of carbonyl (C=O) groups is 1. The summed E-state index contributed by atoms with van der Waals surface area (Å²) in [5.41, 5.74) is 4.98. The van der Waals surface area contributed by atoms with Gasteiger partial charge in [0.15, 0.2) is 0 Å². The van der Waals surface area contributed by atoms with Crippen molar-refractivity contribution < 1.29 is 9.53 Å². The molecule has 0 bridgehead atoms. The molecule has 0 aromatic heterocycles. The lowest BCUT2D eigenvalue weighted by molar-refractivity contribution is -0.121. The number of nitrogens with zero attached hydrogens (tertiary/aromatic N) is 2. The van der Waals surface area contributed by atoms with Crippen LogP contribution in [0.15, 0.2) is 52.3 Å². The molecule has 0 radical (unpaired) electrons. The topological polar surface area (TPSA) is 44.8 Å². The predicted molar refractivity (Wildman–Crippen MR) is 97.0 cm³/mol. The number of rotatable bonds is 5. The second-order valence-electron chi connectivity index (χ2n) is 5.83. The maximum atomic E-state index is 12.3. The van der Waals surface area contributed by atoms with Crippen LogP contribution in [-0.4, -0.2) is 38.6 Å². The van der Waals surface area contributed by atoms with Gasteiger partial charge in [0.25, 0.3) is 0 Å². The summed E-state index contributed by atoms with van der Waals surface area (Å²) in [6, 6.07) is 13.9. The Balaban J connectivity index is 1.91. The van der Waals surface area contributed by atoms with Crippen LogP contribution in [-0.2, 0) is 4.79 Å². The third-order valence-electron chi connectivity index (χ3n) is 3.76. The molecule has 1 aliphatic heterocycles. The molecule has 1 heterocycles. The Kier molecular flexibility index (Phi) is 4.97. The van der Waals surface area contributed by atoms with Gasteiger partial charge in [-0.2, -0.15) is 0 Å². The third-order valence-corrected chi connectivity index (χ3v) is 4.87. The number of hydrogen-bond acceptors (Lipinski definition) is 5. The molecule has 0 spiro atoms. The second-order valence-corrected chi connectivity index (χ2v) is 6.91. The Morgan fingerprint density at radius 3 is 2.67 bits per heavy atom. The Morgan fingerprint density at radius 2 is 1.92 bits per heavy atom.